The number of rotatable bonds is 8. The summed E-state index contributed by atoms with van der Waals surface area (Å²) in [5.41, 5.74) is 13.9. The summed E-state index contributed by atoms with van der Waals surface area (Å²) in [4.78, 5) is 7.09. The quantitative estimate of drug-likeness (QED) is 0.461. The Morgan fingerprint density at radius 1 is 1.23 bits per heavy atom. The van der Waals surface area contributed by atoms with Crippen LogP contribution in [0, 0.1) is 18.8 Å². The number of morpholine rings is 1. The zero-order chi connectivity index (χ0) is 27.7. The first kappa shape index (κ1) is 27.8. The van der Waals surface area contributed by atoms with Gasteiger partial charge in [-0.15, -0.1) is 0 Å². The molecule has 3 fully saturated rings. The van der Waals surface area contributed by atoms with E-state index in [4.69, 9.17) is 10.5 Å². The van der Waals surface area contributed by atoms with Crippen molar-refractivity contribution in [2.75, 3.05) is 23.7 Å². The molecule has 5 heteroatoms. The molecular formula is C34H48N4O. The topological polar surface area (TPSA) is 63.4 Å². The van der Waals surface area contributed by atoms with E-state index in [1.165, 1.54) is 54.6 Å². The Morgan fingerprint density at radius 2 is 1.97 bits per heavy atom. The van der Waals surface area contributed by atoms with Crippen molar-refractivity contribution in [2.45, 2.75) is 97.8 Å². The van der Waals surface area contributed by atoms with Crippen LogP contribution in [-0.2, 0) is 4.74 Å². The number of allylic oxidation sites excluding steroid dienone is 2. The van der Waals surface area contributed by atoms with Gasteiger partial charge in [0.05, 0.1) is 12.2 Å². The van der Waals surface area contributed by atoms with E-state index in [2.05, 4.69) is 80.7 Å². The standard InChI is InChI=1S/C34H48N4O/c1-7-26(24(5)37-25(6)27-9-8-21(2)16-27)10-14-31-23(4)32(18-36-34(31)35)28-11-15-33(22(3)17-28)38-19-29-12-13-30(20-38)39-29/h11,14-15,17-18,21,25,27,29-30,37H,4,7-10,12-13,16,19-20H2,1-3,5-6H3,(H2,35,36)/b26-24+,31-14+/t21-,25?,27+,29?,30?/m0/s1. The molecule has 0 amide bonds. The summed E-state index contributed by atoms with van der Waals surface area (Å²) in [6, 6.07) is 7.25. The predicted molar refractivity (Wildman–Crippen MR) is 165 cm³/mol. The fraction of sp³-hybridized carbons (Fsp3) is 0.559. The highest BCUT2D eigenvalue weighted by Crippen LogP contribution is 2.34. The third kappa shape index (κ3) is 6.04. The van der Waals surface area contributed by atoms with Crippen LogP contribution in [0.15, 0.2) is 35.7 Å². The Bertz CT molecular complexity index is 1320. The number of nitrogen functional groups attached to an aromatic ring is 1. The van der Waals surface area contributed by atoms with E-state index in [9.17, 15) is 0 Å². The van der Waals surface area contributed by atoms with Gasteiger partial charge in [-0.05, 0) is 105 Å². The number of aromatic nitrogens is 1. The van der Waals surface area contributed by atoms with Crippen molar-refractivity contribution in [1.82, 2.24) is 10.3 Å². The molecule has 1 aliphatic carbocycles. The van der Waals surface area contributed by atoms with Gasteiger partial charge in [-0.25, -0.2) is 4.98 Å². The average Bonchev–Trinajstić information content (AvgIpc) is 3.50. The van der Waals surface area contributed by atoms with E-state index in [-0.39, 0.29) is 0 Å². The van der Waals surface area contributed by atoms with E-state index < -0.39 is 0 Å². The smallest absolute Gasteiger partial charge is 0.130 e. The van der Waals surface area contributed by atoms with Gasteiger partial charge in [-0.3, -0.25) is 0 Å². The number of pyridine rings is 1. The maximum Gasteiger partial charge on any atom is 0.130 e. The maximum atomic E-state index is 6.40. The first-order valence-electron chi connectivity index (χ1n) is 15.1. The maximum absolute atomic E-state index is 6.40. The molecule has 3 heterocycles. The minimum absolute atomic E-state index is 0.379. The van der Waals surface area contributed by atoms with Crippen LogP contribution < -0.4 is 26.4 Å². The summed E-state index contributed by atoms with van der Waals surface area (Å²) < 4.78 is 6.05. The lowest BCUT2D eigenvalue weighted by Gasteiger charge is -2.35. The zero-order valence-corrected chi connectivity index (χ0v) is 24.7. The lowest BCUT2D eigenvalue weighted by atomic mass is 9.97. The fourth-order valence-electron chi connectivity index (χ4n) is 7.10. The first-order valence-corrected chi connectivity index (χ1v) is 15.1. The van der Waals surface area contributed by atoms with Crippen LogP contribution in [-0.4, -0.2) is 36.3 Å². The summed E-state index contributed by atoms with van der Waals surface area (Å²) in [6.07, 6.45) is 13.1. The van der Waals surface area contributed by atoms with Crippen molar-refractivity contribution in [1.29, 1.82) is 0 Å². The Morgan fingerprint density at radius 3 is 2.62 bits per heavy atom. The second-order valence-electron chi connectivity index (χ2n) is 12.4. The van der Waals surface area contributed by atoms with Gasteiger partial charge in [0, 0.05) is 47.5 Å². The highest BCUT2D eigenvalue weighted by molar-refractivity contribution is 5.70. The molecular weight excluding hydrogens is 480 g/mol. The largest absolute Gasteiger partial charge is 0.386 e. The molecule has 3 unspecified atom stereocenters. The van der Waals surface area contributed by atoms with E-state index in [1.807, 2.05) is 6.20 Å². The van der Waals surface area contributed by atoms with Crippen molar-refractivity contribution < 1.29 is 4.74 Å². The van der Waals surface area contributed by atoms with Gasteiger partial charge in [-0.1, -0.05) is 39.0 Å². The number of ether oxygens (including phenoxy) is 1. The second-order valence-corrected chi connectivity index (χ2v) is 12.4. The van der Waals surface area contributed by atoms with Crippen molar-refractivity contribution in [3.8, 4) is 11.1 Å². The van der Waals surface area contributed by atoms with Gasteiger partial charge in [0.25, 0.3) is 0 Å². The number of nitrogens with one attached hydrogen (secondary N) is 1. The number of hydrogen-bond acceptors (Lipinski definition) is 5. The Kier molecular flexibility index (Phi) is 8.37. The molecule has 2 aliphatic heterocycles. The second kappa shape index (κ2) is 11.8. The van der Waals surface area contributed by atoms with Crippen LogP contribution in [0.3, 0.4) is 0 Å². The number of nitrogens with two attached hydrogens (primary N) is 1. The average molecular weight is 529 g/mol. The number of hydrogen-bond donors (Lipinski definition) is 2. The van der Waals surface area contributed by atoms with E-state index >= 15 is 0 Å². The highest BCUT2D eigenvalue weighted by Gasteiger charge is 2.34. The van der Waals surface area contributed by atoms with Crippen molar-refractivity contribution >= 4 is 24.2 Å². The van der Waals surface area contributed by atoms with Gasteiger partial charge >= 0.3 is 0 Å². The summed E-state index contributed by atoms with van der Waals surface area (Å²) in [5, 5.41) is 5.74. The summed E-state index contributed by atoms with van der Waals surface area (Å²) in [7, 11) is 0. The van der Waals surface area contributed by atoms with Crippen LogP contribution in [0.4, 0.5) is 11.5 Å². The molecule has 0 spiro atoms. The van der Waals surface area contributed by atoms with Gasteiger partial charge in [0.2, 0.25) is 0 Å². The summed E-state index contributed by atoms with van der Waals surface area (Å²) in [5.74, 6) is 2.18. The molecule has 5 nitrogen and oxygen atoms in total. The number of fused-ring (bicyclic) bond motifs is 2. The predicted octanol–water partition coefficient (Wildman–Crippen LogP) is 5.69. The lowest BCUT2D eigenvalue weighted by Crippen LogP contribution is -2.42. The first-order chi connectivity index (χ1) is 18.7. The molecule has 3 aliphatic rings. The molecule has 210 valence electrons. The molecule has 1 aromatic heterocycles. The van der Waals surface area contributed by atoms with Crippen LogP contribution in [0.5, 0.6) is 0 Å². The molecule has 1 aromatic carbocycles. The van der Waals surface area contributed by atoms with E-state index in [0.29, 0.717) is 24.1 Å². The molecule has 5 rings (SSSR count). The molecule has 5 atom stereocenters. The molecule has 2 aromatic rings. The lowest BCUT2D eigenvalue weighted by molar-refractivity contribution is 0.0304. The SMILES string of the molecule is C=c1c(-c2ccc(N3CC4CCC(C3)O4)c(C)c2)cnc(N)/c1=C/C/C(CC)=C(\C)NC(C)[C@@H]1CC[C@H](C)C1. The summed E-state index contributed by atoms with van der Waals surface area (Å²) >= 11 is 0. The highest BCUT2D eigenvalue weighted by atomic mass is 16.5. The van der Waals surface area contributed by atoms with Crippen molar-refractivity contribution in [3.63, 3.8) is 0 Å². The van der Waals surface area contributed by atoms with Crippen LogP contribution in [0.2, 0.25) is 0 Å². The van der Waals surface area contributed by atoms with Gasteiger partial charge < -0.3 is 20.7 Å². The number of nitrogens with zero attached hydrogens (tertiary/aromatic N) is 2. The molecule has 1 saturated carbocycles. The Labute approximate surface area is 235 Å². The van der Waals surface area contributed by atoms with Crippen LogP contribution in [0.25, 0.3) is 23.8 Å². The fourth-order valence-corrected chi connectivity index (χ4v) is 7.10. The van der Waals surface area contributed by atoms with Gasteiger partial charge in [0.15, 0.2) is 0 Å². The third-order valence-corrected chi connectivity index (χ3v) is 9.55. The summed E-state index contributed by atoms with van der Waals surface area (Å²) in [6.45, 7) is 17.9. The Hall–Kier alpha value is -2.79. The molecule has 0 radical (unpaired) electrons. The van der Waals surface area contributed by atoms with Gasteiger partial charge in [-0.2, -0.15) is 0 Å². The van der Waals surface area contributed by atoms with Crippen LogP contribution >= 0.6 is 0 Å². The van der Waals surface area contributed by atoms with Crippen molar-refractivity contribution in [3.05, 3.63) is 51.7 Å². The number of benzene rings is 1. The monoisotopic (exact) mass is 528 g/mol. The van der Waals surface area contributed by atoms with E-state index in [0.717, 1.165) is 59.3 Å². The molecule has 3 N–H and O–H groups in total. The van der Waals surface area contributed by atoms with Gasteiger partial charge in [0.1, 0.15) is 5.82 Å². The molecule has 2 saturated heterocycles. The number of anilines is 2. The third-order valence-electron chi connectivity index (χ3n) is 9.55. The minimum atomic E-state index is 0.379. The zero-order valence-electron chi connectivity index (χ0n) is 24.7. The van der Waals surface area contributed by atoms with Crippen molar-refractivity contribution in [2.24, 2.45) is 11.8 Å². The number of aryl methyl sites for hydroxylation is 1. The molecule has 2 bridgehead atoms. The minimum Gasteiger partial charge on any atom is -0.386 e. The van der Waals surface area contributed by atoms with Crippen LogP contribution in [0.1, 0.15) is 78.2 Å². The van der Waals surface area contributed by atoms with E-state index in [1.54, 1.807) is 0 Å². The Balaban J connectivity index is 1.36. The normalized spacial score (nSPS) is 26.6. The molecule has 39 heavy (non-hydrogen) atoms.